The summed E-state index contributed by atoms with van der Waals surface area (Å²) in [5.74, 6) is 0.910. The minimum absolute atomic E-state index is 0.0101. The number of nitrogens with zero attached hydrogens (tertiary/aromatic N) is 1. The van der Waals surface area contributed by atoms with Crippen molar-refractivity contribution in [2.75, 3.05) is 7.11 Å². The van der Waals surface area contributed by atoms with Crippen LogP contribution in [0.25, 0.3) is 0 Å². The Morgan fingerprint density at radius 2 is 2.05 bits per heavy atom. The Hall–Kier alpha value is -2.36. The number of hydrogen-bond acceptors (Lipinski definition) is 3. The molecule has 116 valence electrons. The number of methoxy groups -OCH3 is 1. The van der Waals surface area contributed by atoms with Crippen LogP contribution in [0.2, 0.25) is 0 Å². The van der Waals surface area contributed by atoms with Gasteiger partial charge in [0.1, 0.15) is 5.75 Å². The maximum absolute atomic E-state index is 12.2. The number of nitrogens with one attached hydrogen (secondary N) is 1. The van der Waals surface area contributed by atoms with Gasteiger partial charge in [-0.1, -0.05) is 12.1 Å². The molecule has 0 radical (unpaired) electrons. The highest BCUT2D eigenvalue weighted by atomic mass is 16.5. The highest BCUT2D eigenvalue weighted by Crippen LogP contribution is 2.28. The van der Waals surface area contributed by atoms with E-state index in [-0.39, 0.29) is 5.91 Å². The van der Waals surface area contributed by atoms with Crippen molar-refractivity contribution in [3.8, 4) is 5.75 Å². The fourth-order valence-corrected chi connectivity index (χ4v) is 2.58. The van der Waals surface area contributed by atoms with Gasteiger partial charge in [0.15, 0.2) is 0 Å². The zero-order valence-electron chi connectivity index (χ0n) is 13.6. The molecule has 1 aromatic heterocycles. The van der Waals surface area contributed by atoms with E-state index < -0.39 is 0 Å². The summed E-state index contributed by atoms with van der Waals surface area (Å²) < 4.78 is 5.41. The lowest BCUT2D eigenvalue weighted by molar-refractivity contribution is -0.120. The van der Waals surface area contributed by atoms with Gasteiger partial charge >= 0.3 is 0 Å². The number of carbonyl (C=O) groups is 1. The number of rotatable bonds is 5. The predicted octanol–water partition coefficient (Wildman–Crippen LogP) is 2.87. The second-order valence-corrected chi connectivity index (χ2v) is 5.45. The van der Waals surface area contributed by atoms with Crippen LogP contribution in [0.5, 0.6) is 5.75 Å². The molecule has 22 heavy (non-hydrogen) atoms. The first-order valence-electron chi connectivity index (χ1n) is 7.32. The van der Waals surface area contributed by atoms with Gasteiger partial charge < -0.3 is 10.1 Å². The third-order valence-corrected chi connectivity index (χ3v) is 3.90. The van der Waals surface area contributed by atoms with Crippen molar-refractivity contribution < 1.29 is 9.53 Å². The van der Waals surface area contributed by atoms with Crippen LogP contribution in [0.3, 0.4) is 0 Å². The number of pyridine rings is 1. The van der Waals surface area contributed by atoms with E-state index in [1.54, 1.807) is 19.5 Å². The molecule has 0 bridgehead atoms. The summed E-state index contributed by atoms with van der Waals surface area (Å²) in [6.45, 7) is 6.56. The van der Waals surface area contributed by atoms with Gasteiger partial charge in [0.2, 0.25) is 5.91 Å². The minimum Gasteiger partial charge on any atom is -0.496 e. The van der Waals surface area contributed by atoms with Crippen LogP contribution in [0.15, 0.2) is 30.6 Å². The maximum atomic E-state index is 12.2. The highest BCUT2D eigenvalue weighted by Gasteiger charge is 2.13. The van der Waals surface area contributed by atoms with Crippen LogP contribution in [-0.2, 0) is 17.8 Å². The van der Waals surface area contributed by atoms with E-state index in [4.69, 9.17) is 4.74 Å². The molecule has 2 aromatic rings. The lowest BCUT2D eigenvalue weighted by atomic mass is 9.96. The lowest BCUT2D eigenvalue weighted by Gasteiger charge is -2.15. The molecular formula is C18H22N2O2. The molecule has 0 atom stereocenters. The first-order chi connectivity index (χ1) is 10.5. The van der Waals surface area contributed by atoms with Gasteiger partial charge in [-0.25, -0.2) is 0 Å². The molecule has 1 heterocycles. The first-order valence-corrected chi connectivity index (χ1v) is 7.32. The van der Waals surface area contributed by atoms with Crippen molar-refractivity contribution in [2.24, 2.45) is 0 Å². The number of benzene rings is 1. The van der Waals surface area contributed by atoms with Crippen LogP contribution >= 0.6 is 0 Å². The molecule has 4 nitrogen and oxygen atoms in total. The first kappa shape index (κ1) is 16.0. The predicted molar refractivity (Wildman–Crippen MR) is 87.0 cm³/mol. The molecular weight excluding hydrogens is 276 g/mol. The summed E-state index contributed by atoms with van der Waals surface area (Å²) in [6, 6.07) is 5.84. The second kappa shape index (κ2) is 7.07. The zero-order chi connectivity index (χ0) is 16.1. The summed E-state index contributed by atoms with van der Waals surface area (Å²) in [6.07, 6.45) is 3.85. The average molecular weight is 298 g/mol. The van der Waals surface area contributed by atoms with E-state index in [9.17, 15) is 4.79 Å². The SMILES string of the molecule is COc1c(C)cc(CC(=O)NCc2cccnc2)c(C)c1C. The monoisotopic (exact) mass is 298 g/mol. The van der Waals surface area contributed by atoms with E-state index in [1.807, 2.05) is 39.0 Å². The maximum Gasteiger partial charge on any atom is 0.224 e. The largest absolute Gasteiger partial charge is 0.496 e. The van der Waals surface area contributed by atoms with Crippen LogP contribution in [-0.4, -0.2) is 18.0 Å². The van der Waals surface area contributed by atoms with E-state index in [1.165, 1.54) is 0 Å². The number of hydrogen-bond donors (Lipinski definition) is 1. The number of aromatic nitrogens is 1. The number of ether oxygens (including phenoxy) is 1. The van der Waals surface area contributed by atoms with Gasteiger partial charge in [0.25, 0.3) is 0 Å². The Morgan fingerprint density at radius 3 is 2.68 bits per heavy atom. The molecule has 0 unspecified atom stereocenters. The van der Waals surface area contributed by atoms with E-state index in [0.29, 0.717) is 13.0 Å². The van der Waals surface area contributed by atoms with Gasteiger partial charge in [-0.15, -0.1) is 0 Å². The van der Waals surface area contributed by atoms with Gasteiger partial charge in [-0.2, -0.15) is 0 Å². The van der Waals surface area contributed by atoms with E-state index >= 15 is 0 Å². The Morgan fingerprint density at radius 1 is 1.27 bits per heavy atom. The van der Waals surface area contributed by atoms with Crippen molar-refractivity contribution in [3.63, 3.8) is 0 Å². The minimum atomic E-state index is 0.0101. The second-order valence-electron chi connectivity index (χ2n) is 5.45. The third-order valence-electron chi connectivity index (χ3n) is 3.90. The zero-order valence-corrected chi connectivity index (χ0v) is 13.6. The molecule has 0 fully saturated rings. The fraction of sp³-hybridized carbons (Fsp3) is 0.333. The van der Waals surface area contributed by atoms with Crippen molar-refractivity contribution in [2.45, 2.75) is 33.7 Å². The molecule has 4 heteroatoms. The van der Waals surface area contributed by atoms with E-state index in [2.05, 4.69) is 10.3 Å². The smallest absolute Gasteiger partial charge is 0.224 e. The molecule has 0 aliphatic rings. The summed E-state index contributed by atoms with van der Waals surface area (Å²) in [4.78, 5) is 16.2. The van der Waals surface area contributed by atoms with E-state index in [0.717, 1.165) is 33.6 Å². The summed E-state index contributed by atoms with van der Waals surface area (Å²) >= 11 is 0. The van der Waals surface area contributed by atoms with Crippen molar-refractivity contribution in [1.82, 2.24) is 10.3 Å². The van der Waals surface area contributed by atoms with Crippen LogP contribution in [0, 0.1) is 20.8 Å². The number of amides is 1. The Labute approximate surface area is 131 Å². The van der Waals surface area contributed by atoms with Gasteiger partial charge in [0, 0.05) is 18.9 Å². The number of aryl methyl sites for hydroxylation is 1. The Bertz CT molecular complexity index is 667. The summed E-state index contributed by atoms with van der Waals surface area (Å²) in [5, 5.41) is 2.93. The summed E-state index contributed by atoms with van der Waals surface area (Å²) in [5.41, 5.74) is 5.30. The topological polar surface area (TPSA) is 51.2 Å². The molecule has 2 rings (SSSR count). The average Bonchev–Trinajstić information content (AvgIpc) is 2.52. The molecule has 0 spiro atoms. The lowest BCUT2D eigenvalue weighted by Crippen LogP contribution is -2.25. The van der Waals surface area contributed by atoms with Crippen molar-refractivity contribution in [3.05, 3.63) is 58.4 Å². The van der Waals surface area contributed by atoms with Crippen molar-refractivity contribution in [1.29, 1.82) is 0 Å². The van der Waals surface area contributed by atoms with Crippen LogP contribution in [0.4, 0.5) is 0 Å². The molecule has 1 amide bonds. The fourth-order valence-electron chi connectivity index (χ4n) is 2.58. The Balaban J connectivity index is 2.06. The van der Waals surface area contributed by atoms with Gasteiger partial charge in [0.05, 0.1) is 13.5 Å². The molecule has 0 aliphatic heterocycles. The normalized spacial score (nSPS) is 10.4. The van der Waals surface area contributed by atoms with Crippen molar-refractivity contribution >= 4 is 5.91 Å². The molecule has 1 aromatic carbocycles. The van der Waals surface area contributed by atoms with Crippen LogP contribution in [0.1, 0.15) is 27.8 Å². The molecule has 0 saturated carbocycles. The molecule has 0 saturated heterocycles. The quantitative estimate of drug-likeness (QED) is 0.923. The van der Waals surface area contributed by atoms with Crippen LogP contribution < -0.4 is 10.1 Å². The summed E-state index contributed by atoms with van der Waals surface area (Å²) in [7, 11) is 1.68. The van der Waals surface area contributed by atoms with Gasteiger partial charge in [-0.05, 0) is 54.7 Å². The molecule has 1 N–H and O–H groups in total. The van der Waals surface area contributed by atoms with Gasteiger partial charge in [-0.3, -0.25) is 9.78 Å². The molecule has 0 aliphatic carbocycles. The number of carbonyl (C=O) groups excluding carboxylic acids is 1. The standard InChI is InChI=1S/C18H22N2O2/c1-12-8-16(13(2)14(3)18(12)22-4)9-17(21)20-11-15-6-5-7-19-10-15/h5-8,10H,9,11H2,1-4H3,(H,20,21). The highest BCUT2D eigenvalue weighted by molar-refractivity contribution is 5.79. The third kappa shape index (κ3) is 3.64. The Kier molecular flexibility index (Phi) is 5.15.